The van der Waals surface area contributed by atoms with E-state index < -0.39 is 0 Å². The van der Waals surface area contributed by atoms with E-state index in [0.29, 0.717) is 6.42 Å². The quantitative estimate of drug-likeness (QED) is 0.826. The van der Waals surface area contributed by atoms with Gasteiger partial charge in [-0.2, -0.15) is 0 Å². The van der Waals surface area contributed by atoms with Crippen LogP contribution in [0.15, 0.2) is 36.4 Å². The third-order valence-corrected chi connectivity index (χ3v) is 3.02. The predicted octanol–water partition coefficient (Wildman–Crippen LogP) is 2.53. The highest BCUT2D eigenvalue weighted by Gasteiger charge is 2.09. The van der Waals surface area contributed by atoms with Crippen LogP contribution >= 0.6 is 0 Å². The molecule has 0 aliphatic carbocycles. The number of fused-ring (bicyclic) bond motifs is 1. The van der Waals surface area contributed by atoms with Gasteiger partial charge in [0.2, 0.25) is 0 Å². The Bertz CT molecular complexity index is 493. The molecule has 0 fully saturated rings. The first kappa shape index (κ1) is 11.1. The molecule has 1 atom stereocenters. The molecule has 0 bridgehead atoms. The van der Waals surface area contributed by atoms with Gasteiger partial charge in [0.15, 0.2) is 0 Å². The molecular weight excluding hydrogens is 198 g/mol. The first-order valence-corrected chi connectivity index (χ1v) is 5.58. The minimum absolute atomic E-state index is 0.0875. The Morgan fingerprint density at radius 2 is 1.81 bits per heavy atom. The molecule has 0 aliphatic heterocycles. The third-order valence-electron chi connectivity index (χ3n) is 3.02. The van der Waals surface area contributed by atoms with Gasteiger partial charge in [0, 0.05) is 12.6 Å². The van der Waals surface area contributed by atoms with E-state index >= 15 is 0 Å². The summed E-state index contributed by atoms with van der Waals surface area (Å²) in [5, 5.41) is 11.4. The molecule has 16 heavy (non-hydrogen) atoms. The zero-order valence-corrected chi connectivity index (χ0v) is 9.48. The van der Waals surface area contributed by atoms with Crippen molar-refractivity contribution >= 4 is 10.8 Å². The van der Waals surface area contributed by atoms with Crippen molar-refractivity contribution in [1.82, 2.24) is 0 Å². The van der Waals surface area contributed by atoms with E-state index in [4.69, 9.17) is 10.8 Å². The Kier molecular flexibility index (Phi) is 3.22. The Balaban J connectivity index is 2.58. The van der Waals surface area contributed by atoms with Gasteiger partial charge >= 0.3 is 0 Å². The fourth-order valence-electron chi connectivity index (χ4n) is 2.09. The van der Waals surface area contributed by atoms with Crippen LogP contribution in [0.25, 0.3) is 10.8 Å². The monoisotopic (exact) mass is 215 g/mol. The number of hydrogen-bond donors (Lipinski definition) is 2. The van der Waals surface area contributed by atoms with E-state index in [0.717, 1.165) is 5.56 Å². The highest BCUT2D eigenvalue weighted by Crippen LogP contribution is 2.27. The largest absolute Gasteiger partial charge is 0.396 e. The molecular formula is C14H17NO. The maximum atomic E-state index is 8.94. The molecule has 2 nitrogen and oxygen atoms in total. The summed E-state index contributed by atoms with van der Waals surface area (Å²) in [7, 11) is 0. The molecule has 0 saturated carbocycles. The average molecular weight is 215 g/mol. The normalized spacial score (nSPS) is 12.9. The zero-order valence-electron chi connectivity index (χ0n) is 9.48. The van der Waals surface area contributed by atoms with E-state index in [-0.39, 0.29) is 12.6 Å². The molecule has 84 valence electrons. The lowest BCUT2D eigenvalue weighted by Crippen LogP contribution is -2.12. The molecule has 0 aromatic heterocycles. The van der Waals surface area contributed by atoms with E-state index in [1.807, 2.05) is 12.1 Å². The molecule has 2 heteroatoms. The van der Waals surface area contributed by atoms with Gasteiger partial charge in [-0.3, -0.25) is 0 Å². The van der Waals surface area contributed by atoms with Gasteiger partial charge in [0.05, 0.1) is 0 Å². The number of aryl methyl sites for hydroxylation is 1. The minimum atomic E-state index is -0.0875. The minimum Gasteiger partial charge on any atom is -0.396 e. The third kappa shape index (κ3) is 1.94. The molecule has 0 radical (unpaired) electrons. The number of rotatable bonds is 3. The highest BCUT2D eigenvalue weighted by atomic mass is 16.3. The zero-order chi connectivity index (χ0) is 11.5. The Morgan fingerprint density at radius 3 is 2.50 bits per heavy atom. The fraction of sp³-hybridized carbons (Fsp3) is 0.286. The van der Waals surface area contributed by atoms with Gasteiger partial charge in [0.25, 0.3) is 0 Å². The Labute approximate surface area is 95.7 Å². The van der Waals surface area contributed by atoms with Crippen molar-refractivity contribution in [2.24, 2.45) is 5.73 Å². The molecule has 0 amide bonds. The summed E-state index contributed by atoms with van der Waals surface area (Å²) >= 11 is 0. The molecule has 2 aromatic carbocycles. The SMILES string of the molecule is Cc1ccc(C(N)CCO)c2ccccc12. The predicted molar refractivity (Wildman–Crippen MR) is 67.3 cm³/mol. The first-order chi connectivity index (χ1) is 7.74. The second-order valence-electron chi connectivity index (χ2n) is 4.14. The molecule has 1 unspecified atom stereocenters. The van der Waals surface area contributed by atoms with E-state index in [1.54, 1.807) is 0 Å². The molecule has 0 aliphatic rings. The topological polar surface area (TPSA) is 46.2 Å². The number of nitrogens with two attached hydrogens (primary N) is 1. The van der Waals surface area contributed by atoms with Crippen molar-refractivity contribution in [2.45, 2.75) is 19.4 Å². The summed E-state index contributed by atoms with van der Waals surface area (Å²) in [5.41, 5.74) is 8.44. The summed E-state index contributed by atoms with van der Waals surface area (Å²) in [6.45, 7) is 2.23. The second-order valence-corrected chi connectivity index (χ2v) is 4.14. The van der Waals surface area contributed by atoms with Crippen molar-refractivity contribution in [3.05, 3.63) is 47.5 Å². The first-order valence-electron chi connectivity index (χ1n) is 5.58. The summed E-state index contributed by atoms with van der Waals surface area (Å²) in [5.74, 6) is 0. The standard InChI is InChI=1S/C14H17NO/c1-10-6-7-13(14(15)8-9-16)12-5-3-2-4-11(10)12/h2-7,14,16H,8-9,15H2,1H3. The molecule has 3 N–H and O–H groups in total. The van der Waals surface area contributed by atoms with Crippen LogP contribution < -0.4 is 5.73 Å². The van der Waals surface area contributed by atoms with Crippen molar-refractivity contribution in [1.29, 1.82) is 0 Å². The van der Waals surface area contributed by atoms with Crippen LogP contribution in [-0.4, -0.2) is 11.7 Å². The molecule has 0 spiro atoms. The van der Waals surface area contributed by atoms with Crippen LogP contribution in [0.3, 0.4) is 0 Å². The van der Waals surface area contributed by atoms with Crippen LogP contribution in [0.4, 0.5) is 0 Å². The Hall–Kier alpha value is -1.38. The van der Waals surface area contributed by atoms with Gasteiger partial charge in [-0.05, 0) is 35.2 Å². The highest BCUT2D eigenvalue weighted by molar-refractivity contribution is 5.88. The van der Waals surface area contributed by atoms with Gasteiger partial charge in [-0.1, -0.05) is 36.4 Å². The average Bonchev–Trinajstić information content (AvgIpc) is 2.30. The van der Waals surface area contributed by atoms with Crippen LogP contribution in [-0.2, 0) is 0 Å². The van der Waals surface area contributed by atoms with Crippen molar-refractivity contribution < 1.29 is 5.11 Å². The van der Waals surface area contributed by atoms with Crippen LogP contribution in [0, 0.1) is 6.92 Å². The maximum absolute atomic E-state index is 8.94. The van der Waals surface area contributed by atoms with E-state index in [9.17, 15) is 0 Å². The summed E-state index contributed by atoms with van der Waals surface area (Å²) < 4.78 is 0. The van der Waals surface area contributed by atoms with E-state index in [2.05, 4.69) is 31.2 Å². The molecule has 2 aromatic rings. The Morgan fingerprint density at radius 1 is 1.12 bits per heavy atom. The summed E-state index contributed by atoms with van der Waals surface area (Å²) in [6.07, 6.45) is 0.604. The van der Waals surface area contributed by atoms with Crippen molar-refractivity contribution in [3.8, 4) is 0 Å². The fourth-order valence-corrected chi connectivity index (χ4v) is 2.09. The second kappa shape index (κ2) is 4.64. The lowest BCUT2D eigenvalue weighted by Gasteiger charge is -2.14. The lowest BCUT2D eigenvalue weighted by atomic mass is 9.95. The number of benzene rings is 2. The van der Waals surface area contributed by atoms with Gasteiger partial charge in [-0.25, -0.2) is 0 Å². The molecule has 0 saturated heterocycles. The smallest absolute Gasteiger partial charge is 0.0449 e. The van der Waals surface area contributed by atoms with E-state index in [1.165, 1.54) is 16.3 Å². The number of hydrogen-bond acceptors (Lipinski definition) is 2. The van der Waals surface area contributed by atoms with Crippen molar-refractivity contribution in [2.75, 3.05) is 6.61 Å². The van der Waals surface area contributed by atoms with Gasteiger partial charge in [-0.15, -0.1) is 0 Å². The van der Waals surface area contributed by atoms with Crippen molar-refractivity contribution in [3.63, 3.8) is 0 Å². The van der Waals surface area contributed by atoms with Crippen LogP contribution in [0.2, 0.25) is 0 Å². The summed E-state index contributed by atoms with van der Waals surface area (Å²) in [4.78, 5) is 0. The number of aliphatic hydroxyl groups is 1. The van der Waals surface area contributed by atoms with Gasteiger partial charge in [0.1, 0.15) is 0 Å². The lowest BCUT2D eigenvalue weighted by molar-refractivity contribution is 0.277. The van der Waals surface area contributed by atoms with Crippen LogP contribution in [0.5, 0.6) is 0 Å². The van der Waals surface area contributed by atoms with Crippen LogP contribution in [0.1, 0.15) is 23.6 Å². The maximum Gasteiger partial charge on any atom is 0.0449 e. The molecule has 2 rings (SSSR count). The molecule has 0 heterocycles. The number of aliphatic hydroxyl groups excluding tert-OH is 1. The summed E-state index contributed by atoms with van der Waals surface area (Å²) in [6, 6.07) is 12.3. The van der Waals surface area contributed by atoms with Gasteiger partial charge < -0.3 is 10.8 Å².